The third-order valence-electron chi connectivity index (χ3n) is 3.27. The molecular formula is C16H16F2O. The molecule has 0 aromatic heterocycles. The molecular weight excluding hydrogens is 246 g/mol. The van der Waals surface area contributed by atoms with Crippen LogP contribution in [0.3, 0.4) is 0 Å². The summed E-state index contributed by atoms with van der Waals surface area (Å²) in [6.07, 6.45) is 0.0292. The minimum Gasteiger partial charge on any atom is -0.385 e. The van der Waals surface area contributed by atoms with Crippen molar-refractivity contribution >= 4 is 0 Å². The van der Waals surface area contributed by atoms with Gasteiger partial charge in [0.2, 0.25) is 0 Å². The van der Waals surface area contributed by atoms with E-state index in [2.05, 4.69) is 0 Å². The molecule has 0 aliphatic heterocycles. The second kappa shape index (κ2) is 5.10. The fourth-order valence-electron chi connectivity index (χ4n) is 2.32. The highest BCUT2D eigenvalue weighted by Gasteiger charge is 2.26. The van der Waals surface area contributed by atoms with Crippen LogP contribution in [-0.4, -0.2) is 5.11 Å². The Hall–Kier alpha value is -1.74. The Bertz CT molecular complexity index is 591. The largest absolute Gasteiger partial charge is 0.385 e. The van der Waals surface area contributed by atoms with Gasteiger partial charge in [0.05, 0.1) is 5.60 Å². The highest BCUT2D eigenvalue weighted by molar-refractivity contribution is 5.33. The molecule has 19 heavy (non-hydrogen) atoms. The topological polar surface area (TPSA) is 20.2 Å². The molecule has 0 fully saturated rings. The zero-order valence-electron chi connectivity index (χ0n) is 11.0. The third kappa shape index (κ3) is 2.99. The summed E-state index contributed by atoms with van der Waals surface area (Å²) in [5, 5.41) is 10.5. The van der Waals surface area contributed by atoms with Crippen molar-refractivity contribution in [1.29, 1.82) is 0 Å². The smallest absolute Gasteiger partial charge is 0.126 e. The Balaban J connectivity index is 2.36. The Kier molecular flexibility index (Phi) is 3.67. The normalized spacial score (nSPS) is 14.2. The van der Waals surface area contributed by atoms with Gasteiger partial charge in [-0.3, -0.25) is 0 Å². The summed E-state index contributed by atoms with van der Waals surface area (Å²) < 4.78 is 26.8. The van der Waals surface area contributed by atoms with Crippen molar-refractivity contribution < 1.29 is 13.9 Å². The number of aliphatic hydroxyl groups is 1. The molecule has 2 rings (SSSR count). The first-order chi connectivity index (χ1) is 8.90. The number of rotatable bonds is 3. The average molecular weight is 262 g/mol. The molecule has 0 heterocycles. The maximum absolute atomic E-state index is 13.6. The van der Waals surface area contributed by atoms with Crippen molar-refractivity contribution in [3.05, 3.63) is 70.8 Å². The predicted octanol–water partition coefficient (Wildman–Crippen LogP) is 3.72. The van der Waals surface area contributed by atoms with Crippen molar-refractivity contribution in [2.24, 2.45) is 0 Å². The molecule has 2 aromatic rings. The van der Waals surface area contributed by atoms with Gasteiger partial charge in [-0.2, -0.15) is 0 Å². The van der Waals surface area contributed by atoms with Crippen molar-refractivity contribution in [3.8, 4) is 0 Å². The molecule has 0 radical (unpaired) electrons. The van der Waals surface area contributed by atoms with E-state index in [-0.39, 0.29) is 12.0 Å². The Morgan fingerprint density at radius 2 is 1.79 bits per heavy atom. The monoisotopic (exact) mass is 262 g/mol. The summed E-state index contributed by atoms with van der Waals surface area (Å²) >= 11 is 0. The standard InChI is InChI=1S/C16H16F2O/c1-11-5-3-4-6-14(11)16(2,19)10-12-9-13(17)7-8-15(12)18/h3-9,19H,10H2,1-2H3. The van der Waals surface area contributed by atoms with Crippen LogP contribution < -0.4 is 0 Å². The molecule has 2 aromatic carbocycles. The van der Waals surface area contributed by atoms with Gasteiger partial charge in [0.1, 0.15) is 11.6 Å². The fraction of sp³-hybridized carbons (Fsp3) is 0.250. The van der Waals surface area contributed by atoms with Gasteiger partial charge in [-0.1, -0.05) is 24.3 Å². The molecule has 1 N–H and O–H groups in total. The van der Waals surface area contributed by atoms with Gasteiger partial charge in [-0.05, 0) is 48.7 Å². The SMILES string of the molecule is Cc1ccccc1C(C)(O)Cc1cc(F)ccc1F. The summed E-state index contributed by atoms with van der Waals surface area (Å²) in [6, 6.07) is 10.6. The van der Waals surface area contributed by atoms with E-state index in [9.17, 15) is 13.9 Å². The number of benzene rings is 2. The first-order valence-electron chi connectivity index (χ1n) is 6.12. The lowest BCUT2D eigenvalue weighted by molar-refractivity contribution is 0.0560. The maximum atomic E-state index is 13.6. The van der Waals surface area contributed by atoms with E-state index in [0.717, 1.165) is 29.3 Å². The average Bonchev–Trinajstić information content (AvgIpc) is 2.34. The maximum Gasteiger partial charge on any atom is 0.126 e. The Morgan fingerprint density at radius 3 is 2.47 bits per heavy atom. The van der Waals surface area contributed by atoms with Crippen molar-refractivity contribution in [2.75, 3.05) is 0 Å². The van der Waals surface area contributed by atoms with E-state index < -0.39 is 17.2 Å². The zero-order valence-corrected chi connectivity index (χ0v) is 11.0. The second-order valence-electron chi connectivity index (χ2n) is 5.00. The molecule has 0 saturated heterocycles. The van der Waals surface area contributed by atoms with Gasteiger partial charge in [0.15, 0.2) is 0 Å². The van der Waals surface area contributed by atoms with Crippen LogP contribution in [0.2, 0.25) is 0 Å². The molecule has 0 bridgehead atoms. The fourth-order valence-corrected chi connectivity index (χ4v) is 2.32. The van der Waals surface area contributed by atoms with Crippen molar-refractivity contribution in [1.82, 2.24) is 0 Å². The highest BCUT2D eigenvalue weighted by Crippen LogP contribution is 2.28. The lowest BCUT2D eigenvalue weighted by Crippen LogP contribution is -2.26. The van der Waals surface area contributed by atoms with Crippen molar-refractivity contribution in [3.63, 3.8) is 0 Å². The number of halogens is 2. The van der Waals surface area contributed by atoms with E-state index in [1.807, 2.05) is 25.1 Å². The van der Waals surface area contributed by atoms with Crippen LogP contribution in [0, 0.1) is 18.6 Å². The molecule has 0 aliphatic carbocycles. The van der Waals surface area contributed by atoms with Gasteiger partial charge < -0.3 is 5.11 Å². The molecule has 1 unspecified atom stereocenters. The van der Waals surface area contributed by atoms with Crippen LogP contribution in [0.15, 0.2) is 42.5 Å². The molecule has 0 spiro atoms. The lowest BCUT2D eigenvalue weighted by atomic mass is 9.86. The predicted molar refractivity (Wildman–Crippen MR) is 70.8 cm³/mol. The van der Waals surface area contributed by atoms with E-state index in [1.54, 1.807) is 13.0 Å². The van der Waals surface area contributed by atoms with E-state index >= 15 is 0 Å². The summed E-state index contributed by atoms with van der Waals surface area (Å²) in [7, 11) is 0. The zero-order chi connectivity index (χ0) is 14.0. The molecule has 0 amide bonds. The van der Waals surface area contributed by atoms with Gasteiger partial charge in [0, 0.05) is 6.42 Å². The lowest BCUT2D eigenvalue weighted by Gasteiger charge is -2.26. The molecule has 100 valence electrons. The van der Waals surface area contributed by atoms with Crippen LogP contribution in [0.4, 0.5) is 8.78 Å². The second-order valence-corrected chi connectivity index (χ2v) is 5.00. The van der Waals surface area contributed by atoms with Crippen LogP contribution in [-0.2, 0) is 12.0 Å². The summed E-state index contributed by atoms with van der Waals surface area (Å²) in [5.74, 6) is -1.01. The van der Waals surface area contributed by atoms with Crippen LogP contribution in [0.25, 0.3) is 0 Å². The van der Waals surface area contributed by atoms with Crippen LogP contribution >= 0.6 is 0 Å². The number of aryl methyl sites for hydroxylation is 1. The Labute approximate surface area is 111 Å². The summed E-state index contributed by atoms with van der Waals surface area (Å²) in [6.45, 7) is 3.49. The quantitative estimate of drug-likeness (QED) is 0.893. The Morgan fingerprint density at radius 1 is 1.11 bits per heavy atom. The first-order valence-corrected chi connectivity index (χ1v) is 6.12. The van der Waals surface area contributed by atoms with E-state index in [1.165, 1.54) is 0 Å². The minimum absolute atomic E-state index is 0.0292. The molecule has 3 heteroatoms. The van der Waals surface area contributed by atoms with Crippen LogP contribution in [0.5, 0.6) is 0 Å². The molecule has 1 atom stereocenters. The van der Waals surface area contributed by atoms with E-state index in [4.69, 9.17) is 0 Å². The van der Waals surface area contributed by atoms with Gasteiger partial charge >= 0.3 is 0 Å². The van der Waals surface area contributed by atoms with Gasteiger partial charge in [-0.15, -0.1) is 0 Å². The van der Waals surface area contributed by atoms with Crippen molar-refractivity contribution in [2.45, 2.75) is 25.9 Å². The molecule has 0 saturated carbocycles. The van der Waals surface area contributed by atoms with Gasteiger partial charge in [-0.25, -0.2) is 8.78 Å². The summed E-state index contributed by atoms with van der Waals surface area (Å²) in [4.78, 5) is 0. The molecule has 0 aliphatic rings. The number of hydrogen-bond acceptors (Lipinski definition) is 1. The first kappa shape index (κ1) is 13.7. The molecule has 1 nitrogen and oxygen atoms in total. The third-order valence-corrected chi connectivity index (χ3v) is 3.27. The van der Waals surface area contributed by atoms with E-state index in [0.29, 0.717) is 0 Å². The number of hydrogen-bond donors (Lipinski definition) is 1. The highest BCUT2D eigenvalue weighted by atomic mass is 19.1. The summed E-state index contributed by atoms with van der Waals surface area (Å²) in [5.41, 5.74) is 0.580. The van der Waals surface area contributed by atoms with Crippen LogP contribution in [0.1, 0.15) is 23.6 Å². The van der Waals surface area contributed by atoms with Gasteiger partial charge in [0.25, 0.3) is 0 Å². The minimum atomic E-state index is -1.24.